The summed E-state index contributed by atoms with van der Waals surface area (Å²) in [7, 11) is 0. The minimum Gasteiger partial charge on any atom is -0.491 e. The van der Waals surface area contributed by atoms with Crippen molar-refractivity contribution in [2.75, 3.05) is 13.1 Å². The fourth-order valence-electron chi connectivity index (χ4n) is 2.42. The second kappa shape index (κ2) is 4.10. The lowest BCUT2D eigenvalue weighted by Crippen LogP contribution is -2.36. The number of hydrogen-bond donors (Lipinski definition) is 2. The van der Waals surface area contributed by atoms with Gasteiger partial charge in [-0.15, -0.1) is 0 Å². The summed E-state index contributed by atoms with van der Waals surface area (Å²) < 4.78 is 5.87. The number of ether oxygens (including phenoxy) is 1. The molecule has 3 N–H and O–H groups in total. The second-order valence-corrected chi connectivity index (χ2v) is 4.83. The van der Waals surface area contributed by atoms with Gasteiger partial charge in [-0.1, -0.05) is 12.1 Å². The molecular weight excluding hydrogens is 230 g/mol. The number of hydrogen-bond acceptors (Lipinski definition) is 4. The highest BCUT2D eigenvalue weighted by molar-refractivity contribution is 5.80. The molecule has 5 heteroatoms. The van der Waals surface area contributed by atoms with E-state index in [4.69, 9.17) is 10.5 Å². The van der Waals surface area contributed by atoms with Crippen molar-refractivity contribution in [1.29, 1.82) is 0 Å². The van der Waals surface area contributed by atoms with E-state index in [9.17, 15) is 4.79 Å². The number of para-hydroxylation sites is 1. The summed E-state index contributed by atoms with van der Waals surface area (Å²) in [5, 5.41) is 4.99. The Labute approximate surface area is 104 Å². The van der Waals surface area contributed by atoms with Gasteiger partial charge >= 0.3 is 0 Å². The van der Waals surface area contributed by atoms with Crippen molar-refractivity contribution in [3.8, 4) is 0 Å². The molecule has 0 aliphatic carbocycles. The van der Waals surface area contributed by atoms with Gasteiger partial charge in [0.2, 0.25) is 5.91 Å². The number of primary amides is 1. The maximum absolute atomic E-state index is 11.2. The van der Waals surface area contributed by atoms with E-state index in [1.54, 1.807) is 6.26 Å². The Morgan fingerprint density at radius 2 is 2.33 bits per heavy atom. The number of nitrogens with zero attached hydrogens (tertiary/aromatic N) is 1. The largest absolute Gasteiger partial charge is 0.491 e. The Kier molecular flexibility index (Phi) is 2.56. The maximum atomic E-state index is 11.2. The molecule has 0 radical (unpaired) electrons. The molecule has 0 aromatic heterocycles. The molecule has 0 saturated carbocycles. The first kappa shape index (κ1) is 11.2. The van der Waals surface area contributed by atoms with Gasteiger partial charge in [0.15, 0.2) is 0 Å². The third kappa shape index (κ3) is 1.86. The third-order valence-corrected chi connectivity index (χ3v) is 3.50. The maximum Gasteiger partial charge on any atom is 0.234 e. The highest BCUT2D eigenvalue weighted by atomic mass is 16.5. The van der Waals surface area contributed by atoms with E-state index in [2.05, 4.69) is 10.3 Å². The van der Waals surface area contributed by atoms with Crippen LogP contribution in [0.3, 0.4) is 0 Å². The van der Waals surface area contributed by atoms with E-state index in [0.29, 0.717) is 19.5 Å². The number of amides is 1. The van der Waals surface area contributed by atoms with E-state index >= 15 is 0 Å². The minimum absolute atomic E-state index is 0.324. The van der Waals surface area contributed by atoms with Gasteiger partial charge in [-0.05, 0) is 12.1 Å². The lowest BCUT2D eigenvalue weighted by molar-refractivity contribution is -0.120. The summed E-state index contributed by atoms with van der Waals surface area (Å²) in [5.74, 6) is -0.336. The zero-order valence-corrected chi connectivity index (χ0v) is 9.93. The fourth-order valence-corrected chi connectivity index (χ4v) is 2.42. The van der Waals surface area contributed by atoms with Crippen molar-refractivity contribution < 1.29 is 9.53 Å². The molecule has 1 aromatic carbocycles. The Balaban J connectivity index is 1.92. The van der Waals surface area contributed by atoms with Crippen LogP contribution >= 0.6 is 0 Å². The van der Waals surface area contributed by atoms with Gasteiger partial charge in [0.25, 0.3) is 0 Å². The van der Waals surface area contributed by atoms with E-state index in [1.165, 1.54) is 0 Å². The van der Waals surface area contributed by atoms with Crippen LogP contribution in [0.4, 0.5) is 0 Å². The average molecular weight is 245 g/mol. The molecule has 18 heavy (non-hydrogen) atoms. The van der Waals surface area contributed by atoms with Gasteiger partial charge in [0.05, 0.1) is 24.2 Å². The summed E-state index contributed by atoms with van der Waals surface area (Å²) in [6.07, 6.45) is 2.30. The van der Waals surface area contributed by atoms with Gasteiger partial charge in [-0.3, -0.25) is 9.79 Å². The molecule has 94 valence electrons. The summed E-state index contributed by atoms with van der Waals surface area (Å²) in [6, 6.07) is 7.50. The first-order chi connectivity index (χ1) is 8.69. The zero-order chi connectivity index (χ0) is 12.6. The van der Waals surface area contributed by atoms with Crippen molar-refractivity contribution in [3.63, 3.8) is 0 Å². The molecule has 5 nitrogen and oxygen atoms in total. The van der Waals surface area contributed by atoms with Crippen molar-refractivity contribution in [1.82, 2.24) is 5.32 Å². The molecule has 2 atom stereocenters. The van der Waals surface area contributed by atoms with Crippen LogP contribution in [-0.4, -0.2) is 30.6 Å². The Hall–Kier alpha value is -1.88. The van der Waals surface area contributed by atoms with Gasteiger partial charge in [-0.2, -0.15) is 0 Å². The van der Waals surface area contributed by atoms with Crippen LogP contribution in [0.2, 0.25) is 0 Å². The van der Waals surface area contributed by atoms with Gasteiger partial charge < -0.3 is 15.8 Å². The number of nitrogens with two attached hydrogens (primary N) is 1. The lowest BCUT2D eigenvalue weighted by Gasteiger charge is -2.24. The standard InChI is InChI=1S/C13H15N3O2/c14-12(17)11-5-13(8-16-11)7-15-10-4-2-1-3-9(10)6-18-13/h1-4,6,11,16H,5,7-8H2,(H2,14,17). The van der Waals surface area contributed by atoms with Crippen molar-refractivity contribution in [2.45, 2.75) is 18.1 Å². The quantitative estimate of drug-likeness (QED) is 0.643. The smallest absolute Gasteiger partial charge is 0.234 e. The minimum atomic E-state index is -0.446. The SMILES string of the molecule is NC(=O)C1CC2(CN=c3ccccc3=CO2)CN1. The van der Waals surface area contributed by atoms with Crippen LogP contribution in [0.25, 0.3) is 6.26 Å². The summed E-state index contributed by atoms with van der Waals surface area (Å²) >= 11 is 0. The lowest BCUT2D eigenvalue weighted by atomic mass is 10.00. The second-order valence-electron chi connectivity index (χ2n) is 4.83. The Morgan fingerprint density at radius 1 is 1.50 bits per heavy atom. The molecule has 3 rings (SSSR count). The summed E-state index contributed by atoms with van der Waals surface area (Å²) in [5.41, 5.74) is 4.87. The molecular formula is C13H15N3O2. The van der Waals surface area contributed by atoms with Crippen LogP contribution in [0.15, 0.2) is 29.3 Å². The highest BCUT2D eigenvalue weighted by Gasteiger charge is 2.42. The van der Waals surface area contributed by atoms with Crippen molar-refractivity contribution in [2.24, 2.45) is 10.7 Å². The average Bonchev–Trinajstić information content (AvgIpc) is 2.71. The van der Waals surface area contributed by atoms with E-state index in [1.807, 2.05) is 24.3 Å². The normalized spacial score (nSPS) is 29.7. The molecule has 2 unspecified atom stereocenters. The van der Waals surface area contributed by atoms with Crippen molar-refractivity contribution in [3.05, 3.63) is 34.8 Å². The van der Waals surface area contributed by atoms with E-state index < -0.39 is 5.60 Å². The first-order valence-electron chi connectivity index (χ1n) is 5.99. The zero-order valence-electron chi connectivity index (χ0n) is 9.93. The fraction of sp³-hybridized carbons (Fsp3) is 0.385. The number of benzene rings is 1. The number of nitrogens with one attached hydrogen (secondary N) is 1. The van der Waals surface area contributed by atoms with Gasteiger partial charge in [-0.25, -0.2) is 0 Å². The van der Waals surface area contributed by atoms with Crippen molar-refractivity contribution >= 4 is 12.2 Å². The van der Waals surface area contributed by atoms with E-state index in [-0.39, 0.29) is 11.9 Å². The van der Waals surface area contributed by atoms with E-state index in [0.717, 1.165) is 10.6 Å². The number of carbonyl (C=O) groups is 1. The molecule has 1 spiro atoms. The Morgan fingerprint density at radius 3 is 3.11 bits per heavy atom. The van der Waals surface area contributed by atoms with Crippen LogP contribution in [0, 0.1) is 0 Å². The summed E-state index contributed by atoms with van der Waals surface area (Å²) in [4.78, 5) is 15.8. The molecule has 2 heterocycles. The molecule has 1 amide bonds. The highest BCUT2D eigenvalue weighted by Crippen LogP contribution is 2.25. The monoisotopic (exact) mass is 245 g/mol. The first-order valence-corrected chi connectivity index (χ1v) is 5.99. The van der Waals surface area contributed by atoms with Crippen LogP contribution in [0.1, 0.15) is 6.42 Å². The predicted molar refractivity (Wildman–Crippen MR) is 66.0 cm³/mol. The van der Waals surface area contributed by atoms with Crippen LogP contribution in [-0.2, 0) is 9.53 Å². The van der Waals surface area contributed by atoms with Gasteiger partial charge in [0.1, 0.15) is 5.60 Å². The van der Waals surface area contributed by atoms with Crippen LogP contribution < -0.4 is 21.6 Å². The summed E-state index contributed by atoms with van der Waals surface area (Å²) in [6.45, 7) is 1.13. The van der Waals surface area contributed by atoms with Gasteiger partial charge in [0, 0.05) is 18.2 Å². The predicted octanol–water partition coefficient (Wildman–Crippen LogP) is -1.34. The molecule has 1 saturated heterocycles. The molecule has 0 bridgehead atoms. The molecule has 1 aromatic rings. The molecule has 2 aliphatic rings. The molecule has 1 fully saturated rings. The van der Waals surface area contributed by atoms with Crippen LogP contribution in [0.5, 0.6) is 0 Å². The number of carbonyl (C=O) groups excluding carboxylic acids is 1. The number of rotatable bonds is 1. The third-order valence-electron chi connectivity index (χ3n) is 3.50. The molecule has 2 aliphatic heterocycles. The number of fused-ring (bicyclic) bond motifs is 1. The Bertz CT molecular complexity index is 559. The topological polar surface area (TPSA) is 76.7 Å².